The molecule has 2 heterocycles. The summed E-state index contributed by atoms with van der Waals surface area (Å²) in [5.74, 6) is 2.09. The minimum atomic E-state index is 0.548. The highest BCUT2D eigenvalue weighted by molar-refractivity contribution is 5.27. The van der Waals surface area contributed by atoms with Crippen molar-refractivity contribution in [3.8, 4) is 5.75 Å². The minimum Gasteiger partial charge on any atom is -0.497 e. The van der Waals surface area contributed by atoms with Crippen LogP contribution in [0.3, 0.4) is 0 Å². The Labute approximate surface area is 144 Å². The zero-order valence-electron chi connectivity index (χ0n) is 15.2. The lowest BCUT2D eigenvalue weighted by atomic mass is 10.2. The molecule has 0 saturated carbocycles. The molecule has 1 aromatic heterocycles. The molecular weight excluding hydrogens is 300 g/mol. The summed E-state index contributed by atoms with van der Waals surface area (Å²) in [6.07, 6.45) is 2.05. The normalized spacial score (nSPS) is 15.1. The van der Waals surface area contributed by atoms with Gasteiger partial charge in [0.15, 0.2) is 0 Å². The molecule has 0 atom stereocenters. The van der Waals surface area contributed by atoms with E-state index in [4.69, 9.17) is 4.74 Å². The van der Waals surface area contributed by atoms with Crippen LogP contribution in [-0.4, -0.2) is 46.1 Å². The Hall–Kier alpha value is -1.85. The molecular formula is C19H28N4O. The third-order valence-corrected chi connectivity index (χ3v) is 4.88. The number of benzene rings is 1. The van der Waals surface area contributed by atoms with Gasteiger partial charge in [0.05, 0.1) is 19.3 Å². The van der Waals surface area contributed by atoms with Crippen molar-refractivity contribution in [3.05, 3.63) is 47.5 Å². The maximum absolute atomic E-state index is 5.23. The summed E-state index contributed by atoms with van der Waals surface area (Å²) in [6.45, 7) is 9.37. The van der Waals surface area contributed by atoms with Crippen molar-refractivity contribution < 1.29 is 4.74 Å². The number of rotatable bonds is 6. The molecule has 5 heteroatoms. The molecule has 24 heavy (non-hydrogen) atoms. The molecule has 5 nitrogen and oxygen atoms in total. The van der Waals surface area contributed by atoms with Crippen LogP contribution in [0.25, 0.3) is 0 Å². The van der Waals surface area contributed by atoms with Gasteiger partial charge in [0.2, 0.25) is 0 Å². The first-order valence-corrected chi connectivity index (χ1v) is 8.65. The van der Waals surface area contributed by atoms with E-state index >= 15 is 0 Å². The number of imidazole rings is 1. The number of nitrogens with zero attached hydrogens (tertiary/aromatic N) is 4. The number of ether oxygens (including phenoxy) is 1. The molecule has 0 radical (unpaired) electrons. The Morgan fingerprint density at radius 3 is 2.62 bits per heavy atom. The molecule has 0 unspecified atom stereocenters. The van der Waals surface area contributed by atoms with Gasteiger partial charge in [-0.3, -0.25) is 9.80 Å². The molecule has 2 aromatic rings. The first-order valence-electron chi connectivity index (χ1n) is 8.65. The fourth-order valence-electron chi connectivity index (χ4n) is 3.06. The molecule has 1 aliphatic rings. The average molecular weight is 328 g/mol. The summed E-state index contributed by atoms with van der Waals surface area (Å²) in [6, 6.07) is 8.89. The van der Waals surface area contributed by atoms with Gasteiger partial charge in [-0.1, -0.05) is 12.1 Å². The van der Waals surface area contributed by atoms with Crippen LogP contribution in [0.4, 0.5) is 0 Å². The van der Waals surface area contributed by atoms with E-state index in [2.05, 4.69) is 52.4 Å². The van der Waals surface area contributed by atoms with E-state index in [-0.39, 0.29) is 0 Å². The van der Waals surface area contributed by atoms with Gasteiger partial charge in [0.25, 0.3) is 0 Å². The SMILES string of the molecule is COc1ccc(CN2CCn3c(CN(C)C(C)C)cnc3C2)cc1. The van der Waals surface area contributed by atoms with Crippen LogP contribution in [0.1, 0.15) is 30.9 Å². The van der Waals surface area contributed by atoms with Crippen molar-refractivity contribution in [3.63, 3.8) is 0 Å². The average Bonchev–Trinajstić information content (AvgIpc) is 2.97. The van der Waals surface area contributed by atoms with Gasteiger partial charge < -0.3 is 9.30 Å². The first-order chi connectivity index (χ1) is 11.6. The topological polar surface area (TPSA) is 33.5 Å². The van der Waals surface area contributed by atoms with E-state index in [1.165, 1.54) is 17.1 Å². The molecule has 130 valence electrons. The number of fused-ring (bicyclic) bond motifs is 1. The number of aromatic nitrogens is 2. The van der Waals surface area contributed by atoms with Crippen LogP contribution in [0.15, 0.2) is 30.5 Å². The Morgan fingerprint density at radius 1 is 1.21 bits per heavy atom. The van der Waals surface area contributed by atoms with Crippen LogP contribution in [0.5, 0.6) is 5.75 Å². The summed E-state index contributed by atoms with van der Waals surface area (Å²) >= 11 is 0. The molecule has 1 aromatic carbocycles. The third-order valence-electron chi connectivity index (χ3n) is 4.88. The number of hydrogen-bond donors (Lipinski definition) is 0. The molecule has 0 aliphatic carbocycles. The fourth-order valence-corrected chi connectivity index (χ4v) is 3.06. The molecule has 0 bridgehead atoms. The van der Waals surface area contributed by atoms with Gasteiger partial charge in [-0.05, 0) is 38.6 Å². The highest BCUT2D eigenvalue weighted by Crippen LogP contribution is 2.19. The van der Waals surface area contributed by atoms with Crippen molar-refractivity contribution in [1.29, 1.82) is 0 Å². The van der Waals surface area contributed by atoms with Gasteiger partial charge in [-0.15, -0.1) is 0 Å². The van der Waals surface area contributed by atoms with Crippen LogP contribution < -0.4 is 4.74 Å². The molecule has 3 rings (SSSR count). The third kappa shape index (κ3) is 3.79. The summed E-state index contributed by atoms with van der Waals surface area (Å²) in [5, 5.41) is 0. The Bertz CT molecular complexity index is 663. The quantitative estimate of drug-likeness (QED) is 0.816. The van der Waals surface area contributed by atoms with E-state index in [1.54, 1.807) is 7.11 Å². The standard InChI is InChI=1S/C19H28N4O/c1-15(2)21(3)13-17-11-20-19-14-22(9-10-23(17)19)12-16-5-7-18(24-4)8-6-16/h5-8,11,15H,9-10,12-14H2,1-4H3. The van der Waals surface area contributed by atoms with Crippen molar-refractivity contribution in [1.82, 2.24) is 19.4 Å². The monoisotopic (exact) mass is 328 g/mol. The largest absolute Gasteiger partial charge is 0.497 e. The minimum absolute atomic E-state index is 0.548. The Balaban J connectivity index is 1.63. The van der Waals surface area contributed by atoms with Gasteiger partial charge in [-0.25, -0.2) is 4.98 Å². The zero-order valence-corrected chi connectivity index (χ0v) is 15.2. The van der Waals surface area contributed by atoms with Gasteiger partial charge in [-0.2, -0.15) is 0 Å². The van der Waals surface area contributed by atoms with Gasteiger partial charge in [0.1, 0.15) is 11.6 Å². The second-order valence-corrected chi connectivity index (χ2v) is 6.88. The van der Waals surface area contributed by atoms with E-state index in [9.17, 15) is 0 Å². The molecule has 0 N–H and O–H groups in total. The van der Waals surface area contributed by atoms with E-state index < -0.39 is 0 Å². The Kier molecular flexibility index (Phi) is 5.21. The maximum atomic E-state index is 5.23. The highest BCUT2D eigenvalue weighted by Gasteiger charge is 2.20. The predicted octanol–water partition coefficient (Wildman–Crippen LogP) is 2.75. The second kappa shape index (κ2) is 7.36. The Morgan fingerprint density at radius 2 is 1.96 bits per heavy atom. The summed E-state index contributed by atoms with van der Waals surface area (Å²) in [5.41, 5.74) is 2.64. The zero-order chi connectivity index (χ0) is 17.1. The van der Waals surface area contributed by atoms with Crippen LogP contribution in [-0.2, 0) is 26.2 Å². The number of methoxy groups -OCH3 is 1. The van der Waals surface area contributed by atoms with E-state index in [0.717, 1.165) is 38.5 Å². The highest BCUT2D eigenvalue weighted by atomic mass is 16.5. The summed E-state index contributed by atoms with van der Waals surface area (Å²) in [4.78, 5) is 9.48. The lowest BCUT2D eigenvalue weighted by Crippen LogP contribution is -2.35. The van der Waals surface area contributed by atoms with Crippen LogP contribution >= 0.6 is 0 Å². The van der Waals surface area contributed by atoms with Crippen LogP contribution in [0, 0.1) is 0 Å². The molecule has 1 aliphatic heterocycles. The van der Waals surface area contributed by atoms with Crippen molar-refractivity contribution in [2.75, 3.05) is 20.7 Å². The van der Waals surface area contributed by atoms with E-state index in [0.29, 0.717) is 6.04 Å². The van der Waals surface area contributed by atoms with Crippen molar-refractivity contribution in [2.24, 2.45) is 0 Å². The van der Waals surface area contributed by atoms with Crippen molar-refractivity contribution >= 4 is 0 Å². The second-order valence-electron chi connectivity index (χ2n) is 6.88. The van der Waals surface area contributed by atoms with Crippen LogP contribution in [0.2, 0.25) is 0 Å². The fraction of sp³-hybridized carbons (Fsp3) is 0.526. The lowest BCUT2D eigenvalue weighted by Gasteiger charge is -2.29. The van der Waals surface area contributed by atoms with E-state index in [1.807, 2.05) is 18.3 Å². The molecule has 0 amide bonds. The summed E-state index contributed by atoms with van der Waals surface area (Å²) < 4.78 is 7.62. The maximum Gasteiger partial charge on any atom is 0.123 e. The lowest BCUT2D eigenvalue weighted by molar-refractivity contribution is 0.201. The smallest absolute Gasteiger partial charge is 0.123 e. The van der Waals surface area contributed by atoms with Crippen molar-refractivity contribution in [2.45, 2.75) is 46.1 Å². The predicted molar refractivity (Wildman–Crippen MR) is 95.9 cm³/mol. The number of hydrogen-bond acceptors (Lipinski definition) is 4. The molecule has 0 spiro atoms. The summed E-state index contributed by atoms with van der Waals surface area (Å²) in [7, 11) is 3.87. The van der Waals surface area contributed by atoms with Gasteiger partial charge in [0, 0.05) is 38.4 Å². The van der Waals surface area contributed by atoms with Gasteiger partial charge >= 0.3 is 0 Å². The first kappa shape index (κ1) is 17.0. The molecule has 0 saturated heterocycles. The molecule has 0 fully saturated rings.